The molecule has 3 aromatic rings. The topological polar surface area (TPSA) is 82.5 Å². The Morgan fingerprint density at radius 1 is 1.21 bits per heavy atom. The number of carbonyl (C=O) groups is 1. The van der Waals surface area contributed by atoms with Gasteiger partial charge in [-0.2, -0.15) is 0 Å². The molecule has 7 heteroatoms. The molecule has 1 N–H and O–H groups in total. The summed E-state index contributed by atoms with van der Waals surface area (Å²) in [7, 11) is 1.63. The van der Waals surface area contributed by atoms with Crippen LogP contribution in [0.5, 0.6) is 5.75 Å². The maximum atomic E-state index is 13.8. The number of hydrogen-bond acceptors (Lipinski definition) is 6. The number of hydrogen-bond donors (Lipinski definition) is 1. The second-order valence-corrected chi connectivity index (χ2v) is 8.51. The van der Waals surface area contributed by atoms with Crippen molar-refractivity contribution in [1.82, 2.24) is 9.55 Å². The molecule has 1 aromatic heterocycles. The molecular weight excluding hydrogens is 430 g/mol. The molecular formula is C27H31N3O4. The highest BCUT2D eigenvalue weighted by atomic mass is 16.5. The molecule has 0 saturated carbocycles. The molecule has 0 unspecified atom stereocenters. The molecule has 1 heterocycles. The van der Waals surface area contributed by atoms with Crippen LogP contribution in [0.3, 0.4) is 0 Å². The van der Waals surface area contributed by atoms with E-state index in [1.807, 2.05) is 63.2 Å². The first-order valence-corrected chi connectivity index (χ1v) is 11.7. The number of benzene rings is 2. The maximum absolute atomic E-state index is 13.8. The van der Waals surface area contributed by atoms with Crippen molar-refractivity contribution in [2.24, 2.45) is 0 Å². The van der Waals surface area contributed by atoms with E-state index < -0.39 is 6.10 Å². The first-order chi connectivity index (χ1) is 16.4. The van der Waals surface area contributed by atoms with E-state index in [1.54, 1.807) is 11.7 Å². The predicted octanol–water partition coefficient (Wildman–Crippen LogP) is 4.45. The average molecular weight is 462 g/mol. The Balaban J connectivity index is 1.81. The number of ether oxygens (including phenoxy) is 2. The number of methoxy groups -OCH3 is 1. The third kappa shape index (κ3) is 4.30. The molecule has 0 amide bonds. The van der Waals surface area contributed by atoms with Gasteiger partial charge < -0.3 is 14.8 Å². The standard InChI is InChI=1S/C27H31N3O4/c1-6-22-25(29-24-21-11-9-8-10-18(21)15-23(24)34-17(4)31)27(32)30(7-2)26(28-22)20-13-12-19(33-5)14-16(20)3/h8-14,23-24,29H,6-7,15H2,1-5H3/t23-,24-/m0/s1. The zero-order chi connectivity index (χ0) is 24.4. The summed E-state index contributed by atoms with van der Waals surface area (Å²) in [5, 5.41) is 3.43. The lowest BCUT2D eigenvalue weighted by atomic mass is 10.1. The Morgan fingerprint density at radius 2 is 1.97 bits per heavy atom. The van der Waals surface area contributed by atoms with E-state index in [9.17, 15) is 9.59 Å². The van der Waals surface area contributed by atoms with E-state index in [4.69, 9.17) is 14.5 Å². The van der Waals surface area contributed by atoms with Gasteiger partial charge in [0, 0.05) is 25.5 Å². The summed E-state index contributed by atoms with van der Waals surface area (Å²) in [6, 6.07) is 13.4. The molecule has 1 aliphatic rings. The molecule has 0 fully saturated rings. The summed E-state index contributed by atoms with van der Waals surface area (Å²) in [4.78, 5) is 30.5. The number of esters is 1. The summed E-state index contributed by atoms with van der Waals surface area (Å²) < 4.78 is 12.7. The van der Waals surface area contributed by atoms with Gasteiger partial charge in [-0.15, -0.1) is 0 Å². The Kier molecular flexibility index (Phi) is 6.72. The SMILES string of the molecule is CCc1nc(-c2ccc(OC)cc2C)n(CC)c(=O)c1N[C@H]1c2ccccc2C[C@@H]1OC(C)=O. The van der Waals surface area contributed by atoms with Crippen LogP contribution in [-0.2, 0) is 28.9 Å². The normalized spacial score (nSPS) is 16.7. The Hall–Kier alpha value is -3.61. The molecule has 1 aliphatic carbocycles. The lowest BCUT2D eigenvalue weighted by molar-refractivity contribution is -0.146. The number of nitrogens with one attached hydrogen (secondary N) is 1. The van der Waals surface area contributed by atoms with Gasteiger partial charge >= 0.3 is 5.97 Å². The van der Waals surface area contributed by atoms with E-state index in [0.717, 1.165) is 28.0 Å². The quantitative estimate of drug-likeness (QED) is 0.524. The minimum atomic E-state index is -0.391. The highest BCUT2D eigenvalue weighted by Crippen LogP contribution is 2.36. The van der Waals surface area contributed by atoms with Gasteiger partial charge in [0.05, 0.1) is 18.8 Å². The minimum Gasteiger partial charge on any atom is -0.497 e. The zero-order valence-electron chi connectivity index (χ0n) is 20.3. The van der Waals surface area contributed by atoms with Gasteiger partial charge in [-0.25, -0.2) is 4.98 Å². The third-order valence-corrected chi connectivity index (χ3v) is 6.37. The fraction of sp³-hybridized carbons (Fsp3) is 0.370. The van der Waals surface area contributed by atoms with Crippen LogP contribution in [0.1, 0.15) is 49.2 Å². The molecule has 0 radical (unpaired) electrons. The van der Waals surface area contributed by atoms with E-state index in [0.29, 0.717) is 36.6 Å². The van der Waals surface area contributed by atoms with E-state index in [2.05, 4.69) is 5.32 Å². The van der Waals surface area contributed by atoms with Crippen molar-refractivity contribution in [2.75, 3.05) is 12.4 Å². The molecule has 2 aromatic carbocycles. The molecule has 34 heavy (non-hydrogen) atoms. The van der Waals surface area contributed by atoms with Gasteiger partial charge in [0.25, 0.3) is 5.56 Å². The number of fused-ring (bicyclic) bond motifs is 1. The van der Waals surface area contributed by atoms with Crippen LogP contribution in [0.2, 0.25) is 0 Å². The summed E-state index contributed by atoms with van der Waals surface area (Å²) >= 11 is 0. The van der Waals surface area contributed by atoms with Crippen LogP contribution in [0, 0.1) is 6.92 Å². The van der Waals surface area contributed by atoms with Crippen LogP contribution in [0.4, 0.5) is 5.69 Å². The lowest BCUT2D eigenvalue weighted by Crippen LogP contribution is -2.33. The van der Waals surface area contributed by atoms with Gasteiger partial charge in [-0.05, 0) is 55.2 Å². The van der Waals surface area contributed by atoms with E-state index in [1.165, 1.54) is 6.92 Å². The Labute approximate surface area is 199 Å². The van der Waals surface area contributed by atoms with Crippen LogP contribution in [0.25, 0.3) is 11.4 Å². The highest BCUT2D eigenvalue weighted by Gasteiger charge is 2.36. The molecule has 2 atom stereocenters. The molecule has 4 rings (SSSR count). The smallest absolute Gasteiger partial charge is 0.302 e. The zero-order valence-corrected chi connectivity index (χ0v) is 20.3. The number of aromatic nitrogens is 2. The van der Waals surface area contributed by atoms with Gasteiger partial charge in [-0.3, -0.25) is 14.2 Å². The van der Waals surface area contributed by atoms with Crippen LogP contribution in [-0.4, -0.2) is 28.7 Å². The van der Waals surface area contributed by atoms with Crippen molar-refractivity contribution >= 4 is 11.7 Å². The Morgan fingerprint density at radius 3 is 2.62 bits per heavy atom. The van der Waals surface area contributed by atoms with E-state index >= 15 is 0 Å². The van der Waals surface area contributed by atoms with Gasteiger partial charge in [0.15, 0.2) is 0 Å². The molecule has 178 valence electrons. The first-order valence-electron chi connectivity index (χ1n) is 11.7. The largest absolute Gasteiger partial charge is 0.497 e. The number of rotatable bonds is 7. The second kappa shape index (κ2) is 9.71. The average Bonchev–Trinajstić information content (AvgIpc) is 3.16. The van der Waals surface area contributed by atoms with Crippen molar-refractivity contribution in [3.63, 3.8) is 0 Å². The lowest BCUT2D eigenvalue weighted by Gasteiger charge is -2.25. The minimum absolute atomic E-state index is 0.134. The van der Waals surface area contributed by atoms with Crippen molar-refractivity contribution in [3.05, 3.63) is 75.2 Å². The summed E-state index contributed by atoms with van der Waals surface area (Å²) in [6.45, 7) is 7.80. The first kappa shape index (κ1) is 23.5. The van der Waals surface area contributed by atoms with Crippen molar-refractivity contribution < 1.29 is 14.3 Å². The van der Waals surface area contributed by atoms with Crippen LogP contribution in [0.15, 0.2) is 47.3 Å². The Bertz CT molecular complexity index is 1280. The van der Waals surface area contributed by atoms with Crippen molar-refractivity contribution in [2.45, 2.75) is 59.2 Å². The van der Waals surface area contributed by atoms with Gasteiger partial charge in [-0.1, -0.05) is 31.2 Å². The third-order valence-electron chi connectivity index (χ3n) is 6.37. The number of carbonyl (C=O) groups excluding carboxylic acids is 1. The predicted molar refractivity (Wildman–Crippen MR) is 132 cm³/mol. The number of nitrogens with zero attached hydrogens (tertiary/aromatic N) is 2. The summed E-state index contributed by atoms with van der Waals surface area (Å²) in [6.07, 6.45) is 0.794. The molecule has 0 saturated heterocycles. The van der Waals surface area contributed by atoms with Gasteiger partial charge in [0.2, 0.25) is 0 Å². The maximum Gasteiger partial charge on any atom is 0.302 e. The molecule has 0 spiro atoms. The monoisotopic (exact) mass is 461 g/mol. The second-order valence-electron chi connectivity index (χ2n) is 8.51. The fourth-order valence-electron chi connectivity index (χ4n) is 4.72. The number of aryl methyl sites for hydroxylation is 2. The molecule has 7 nitrogen and oxygen atoms in total. The molecule has 0 aliphatic heterocycles. The number of anilines is 1. The van der Waals surface area contributed by atoms with Crippen LogP contribution < -0.4 is 15.6 Å². The summed E-state index contributed by atoms with van der Waals surface area (Å²) in [5.41, 5.74) is 5.03. The summed E-state index contributed by atoms with van der Waals surface area (Å²) in [5.74, 6) is 1.06. The molecule has 0 bridgehead atoms. The van der Waals surface area contributed by atoms with Crippen molar-refractivity contribution in [3.8, 4) is 17.1 Å². The van der Waals surface area contributed by atoms with Crippen molar-refractivity contribution in [1.29, 1.82) is 0 Å². The van der Waals surface area contributed by atoms with Crippen LogP contribution >= 0.6 is 0 Å². The highest BCUT2D eigenvalue weighted by molar-refractivity contribution is 5.67. The van der Waals surface area contributed by atoms with Gasteiger partial charge in [0.1, 0.15) is 23.4 Å². The fourth-order valence-corrected chi connectivity index (χ4v) is 4.72. The van der Waals surface area contributed by atoms with E-state index in [-0.39, 0.29) is 17.6 Å².